The second-order valence-electron chi connectivity index (χ2n) is 9.46. The number of amides is 1. The van der Waals surface area contributed by atoms with Crippen molar-refractivity contribution >= 4 is 23.3 Å². The molecule has 2 aromatic rings. The number of fused-ring (bicyclic) bond motifs is 2. The van der Waals surface area contributed by atoms with Crippen molar-refractivity contribution in [3.8, 4) is 22.8 Å². The third-order valence-electron chi connectivity index (χ3n) is 7.10. The number of halogens is 2. The fraction of sp³-hybridized carbons (Fsp3) is 0.500. The first-order valence-corrected chi connectivity index (χ1v) is 11.9. The summed E-state index contributed by atoms with van der Waals surface area (Å²) in [6.07, 6.45) is 0.887. The average molecular weight is 490 g/mol. The van der Waals surface area contributed by atoms with Crippen molar-refractivity contribution in [2.45, 2.75) is 31.5 Å². The van der Waals surface area contributed by atoms with Crippen LogP contribution in [0.25, 0.3) is 11.3 Å². The number of nitrogens with one attached hydrogen (secondary N) is 1. The summed E-state index contributed by atoms with van der Waals surface area (Å²) in [5.41, 5.74) is 0.268. The number of nitrogens with zero attached hydrogens (tertiary/aromatic N) is 4. The summed E-state index contributed by atoms with van der Waals surface area (Å²) in [5, 5.41) is 13.8. The normalized spacial score (nSPS) is 24.6. The van der Waals surface area contributed by atoms with E-state index in [4.69, 9.17) is 21.3 Å². The Labute approximate surface area is 203 Å². The molecule has 0 radical (unpaired) electrons. The molecule has 1 amide bonds. The van der Waals surface area contributed by atoms with Gasteiger partial charge in [-0.1, -0.05) is 17.7 Å². The molecule has 34 heavy (non-hydrogen) atoms. The van der Waals surface area contributed by atoms with Crippen LogP contribution in [0.1, 0.15) is 23.7 Å². The monoisotopic (exact) mass is 489 g/mol. The Morgan fingerprint density at radius 3 is 2.79 bits per heavy atom. The van der Waals surface area contributed by atoms with Gasteiger partial charge in [0.25, 0.3) is 5.91 Å². The molecule has 3 aliphatic heterocycles. The van der Waals surface area contributed by atoms with Gasteiger partial charge in [-0.3, -0.25) is 4.79 Å². The van der Waals surface area contributed by atoms with Gasteiger partial charge in [0.1, 0.15) is 40.3 Å². The van der Waals surface area contributed by atoms with Gasteiger partial charge in [-0.2, -0.15) is 0 Å². The highest BCUT2D eigenvalue weighted by atomic mass is 35.5. The van der Waals surface area contributed by atoms with Crippen LogP contribution < -0.4 is 15.0 Å². The molecule has 0 bridgehead atoms. The SMILES string of the molecule is C[C@H]1C[C@H](N(C)C)CN1c1nc(-c2c(O)cccc2F)c(Cl)c2c1C(=O)N1CCNC[C@@H]1CO2. The standard InChI is InChI=1S/C24H29ClFN5O3/c1-13-9-14(29(2)3)11-31(13)23-19-22(34-12-15-10-27-7-8-30(15)24(19)33)20(25)21(28-23)18-16(26)5-4-6-17(18)32/h4-6,13-15,27,32H,7-12H2,1-3H3/t13-,14-,15+/m0/s1. The second kappa shape index (κ2) is 8.87. The number of aromatic nitrogens is 1. The van der Waals surface area contributed by atoms with Gasteiger partial charge in [0.2, 0.25) is 0 Å². The van der Waals surface area contributed by atoms with Crippen LogP contribution in [0.4, 0.5) is 10.2 Å². The number of pyridine rings is 1. The van der Waals surface area contributed by atoms with Crippen molar-refractivity contribution in [2.24, 2.45) is 0 Å². The van der Waals surface area contributed by atoms with Gasteiger partial charge in [-0.05, 0) is 39.6 Å². The molecule has 2 N–H and O–H groups in total. The highest BCUT2D eigenvalue weighted by molar-refractivity contribution is 6.35. The molecule has 8 nitrogen and oxygen atoms in total. The van der Waals surface area contributed by atoms with E-state index in [2.05, 4.69) is 22.0 Å². The molecule has 1 aromatic carbocycles. The van der Waals surface area contributed by atoms with E-state index >= 15 is 0 Å². The average Bonchev–Trinajstić information content (AvgIpc) is 3.13. The van der Waals surface area contributed by atoms with Crippen LogP contribution in [0.5, 0.6) is 11.5 Å². The molecule has 10 heteroatoms. The predicted molar refractivity (Wildman–Crippen MR) is 128 cm³/mol. The Hall–Kier alpha value is -2.62. The van der Waals surface area contributed by atoms with Gasteiger partial charge >= 0.3 is 0 Å². The molecule has 0 unspecified atom stereocenters. The van der Waals surface area contributed by atoms with Crippen LogP contribution >= 0.6 is 11.6 Å². The van der Waals surface area contributed by atoms with Gasteiger partial charge in [0.15, 0.2) is 5.75 Å². The van der Waals surface area contributed by atoms with Crippen LogP contribution in [0.3, 0.4) is 0 Å². The molecule has 182 valence electrons. The van der Waals surface area contributed by atoms with Gasteiger partial charge in [0.05, 0.1) is 11.6 Å². The van der Waals surface area contributed by atoms with Crippen LogP contribution in [-0.2, 0) is 0 Å². The number of phenols is 1. The quantitative estimate of drug-likeness (QED) is 0.685. The van der Waals surface area contributed by atoms with Gasteiger partial charge in [-0.15, -0.1) is 0 Å². The molecule has 0 saturated carbocycles. The first kappa shape index (κ1) is 23.1. The van der Waals surface area contributed by atoms with Crippen molar-refractivity contribution < 1.29 is 19.0 Å². The van der Waals surface area contributed by atoms with Gasteiger partial charge in [-0.25, -0.2) is 9.37 Å². The molecule has 1 aromatic heterocycles. The summed E-state index contributed by atoms with van der Waals surface area (Å²) in [6, 6.07) is 4.26. The topological polar surface area (TPSA) is 81.2 Å². The molecule has 0 spiro atoms. The molecule has 3 atom stereocenters. The van der Waals surface area contributed by atoms with E-state index in [0.29, 0.717) is 37.6 Å². The number of benzene rings is 1. The number of likely N-dealkylation sites (N-methyl/N-ethyl adjacent to an activating group) is 1. The number of carbonyl (C=O) groups excluding carboxylic acids is 1. The van der Waals surface area contributed by atoms with Crippen molar-refractivity contribution in [3.63, 3.8) is 0 Å². The Balaban J connectivity index is 1.73. The number of piperazine rings is 1. The first-order chi connectivity index (χ1) is 16.3. The van der Waals surface area contributed by atoms with Crippen molar-refractivity contribution in [2.75, 3.05) is 51.8 Å². The minimum Gasteiger partial charge on any atom is -0.507 e. The number of phenolic OH excluding ortho intramolecular Hbond substituents is 1. The number of ether oxygens (including phenoxy) is 1. The van der Waals surface area contributed by atoms with E-state index in [-0.39, 0.29) is 58.4 Å². The molecule has 2 fully saturated rings. The predicted octanol–water partition coefficient (Wildman–Crippen LogP) is 2.58. The van der Waals surface area contributed by atoms with E-state index < -0.39 is 5.82 Å². The summed E-state index contributed by atoms with van der Waals surface area (Å²) < 4.78 is 21.1. The maximum atomic E-state index is 14.9. The van der Waals surface area contributed by atoms with Crippen LogP contribution in [-0.4, -0.2) is 90.8 Å². The summed E-state index contributed by atoms with van der Waals surface area (Å²) in [6.45, 7) is 4.85. The van der Waals surface area contributed by atoms with Crippen molar-refractivity contribution in [1.82, 2.24) is 20.1 Å². The fourth-order valence-corrected chi connectivity index (χ4v) is 5.44. The van der Waals surface area contributed by atoms with Crippen molar-refractivity contribution in [1.29, 1.82) is 0 Å². The highest BCUT2D eigenvalue weighted by Gasteiger charge is 2.41. The number of carbonyl (C=O) groups is 1. The minimum absolute atomic E-state index is 0.0244. The fourth-order valence-electron chi connectivity index (χ4n) is 5.15. The van der Waals surface area contributed by atoms with Crippen molar-refractivity contribution in [3.05, 3.63) is 34.6 Å². The first-order valence-electron chi connectivity index (χ1n) is 11.6. The third kappa shape index (κ3) is 3.76. The molecular weight excluding hydrogens is 461 g/mol. The van der Waals surface area contributed by atoms with E-state index in [1.807, 2.05) is 19.0 Å². The Morgan fingerprint density at radius 1 is 1.29 bits per heavy atom. The number of aromatic hydroxyl groups is 1. The summed E-state index contributed by atoms with van der Waals surface area (Å²) in [4.78, 5) is 24.7. The zero-order chi connectivity index (χ0) is 24.1. The summed E-state index contributed by atoms with van der Waals surface area (Å²) >= 11 is 6.76. The maximum Gasteiger partial charge on any atom is 0.261 e. The van der Waals surface area contributed by atoms with Crippen LogP contribution in [0.2, 0.25) is 5.02 Å². The maximum absolute atomic E-state index is 14.9. The Morgan fingerprint density at radius 2 is 2.09 bits per heavy atom. The van der Waals surface area contributed by atoms with E-state index in [1.165, 1.54) is 18.2 Å². The zero-order valence-electron chi connectivity index (χ0n) is 19.5. The lowest BCUT2D eigenvalue weighted by Gasteiger charge is -2.34. The van der Waals surface area contributed by atoms with E-state index in [0.717, 1.165) is 6.42 Å². The van der Waals surface area contributed by atoms with Gasteiger partial charge in [0, 0.05) is 38.3 Å². The molecule has 0 aliphatic carbocycles. The summed E-state index contributed by atoms with van der Waals surface area (Å²) in [7, 11) is 4.05. The lowest BCUT2D eigenvalue weighted by Crippen LogP contribution is -2.55. The zero-order valence-corrected chi connectivity index (χ0v) is 20.3. The lowest BCUT2D eigenvalue weighted by atomic mass is 10.1. The summed E-state index contributed by atoms with van der Waals surface area (Å²) in [5.74, 6) is -0.500. The largest absolute Gasteiger partial charge is 0.507 e. The molecule has 2 saturated heterocycles. The molecule has 4 heterocycles. The van der Waals surface area contributed by atoms with Crippen LogP contribution in [0, 0.1) is 5.82 Å². The third-order valence-corrected chi connectivity index (χ3v) is 7.45. The lowest BCUT2D eigenvalue weighted by molar-refractivity contribution is 0.0606. The minimum atomic E-state index is -0.650. The second-order valence-corrected chi connectivity index (χ2v) is 9.84. The van der Waals surface area contributed by atoms with Gasteiger partial charge < -0.3 is 29.9 Å². The highest BCUT2D eigenvalue weighted by Crippen LogP contribution is 2.46. The van der Waals surface area contributed by atoms with E-state index in [1.54, 1.807) is 0 Å². The van der Waals surface area contributed by atoms with Crippen LogP contribution in [0.15, 0.2) is 18.2 Å². The Kier molecular flexibility index (Phi) is 6.03. The number of hydrogen-bond acceptors (Lipinski definition) is 7. The molecule has 5 rings (SSSR count). The number of anilines is 1. The smallest absolute Gasteiger partial charge is 0.261 e. The molecular formula is C24H29ClFN5O3. The number of rotatable bonds is 3. The number of hydrogen-bond donors (Lipinski definition) is 2. The molecule has 3 aliphatic rings. The van der Waals surface area contributed by atoms with E-state index in [9.17, 15) is 14.3 Å². The Bertz CT molecular complexity index is 1110.